The number of hydrogen-bond acceptors (Lipinski definition) is 4. The average Bonchev–Trinajstić information content (AvgIpc) is 2.33. The molecule has 0 fully saturated rings. The van der Waals surface area contributed by atoms with E-state index in [1.54, 1.807) is 23.5 Å². The van der Waals surface area contributed by atoms with Gasteiger partial charge in [-0.1, -0.05) is 12.8 Å². The van der Waals surface area contributed by atoms with Crippen molar-refractivity contribution in [2.75, 3.05) is 24.0 Å². The maximum Gasteiger partial charge on any atom is 2.00 e. The summed E-state index contributed by atoms with van der Waals surface area (Å²) < 4.78 is 0. The van der Waals surface area contributed by atoms with Crippen LogP contribution in [-0.2, 0) is 29.1 Å². The van der Waals surface area contributed by atoms with Crippen molar-refractivity contribution in [1.82, 2.24) is 0 Å². The Balaban J connectivity index is -0.000000256. The van der Waals surface area contributed by atoms with Gasteiger partial charge in [0.2, 0.25) is 0 Å². The Morgan fingerprint density at radius 1 is 0.947 bits per heavy atom. The molecule has 6 nitrogen and oxygen atoms in total. The number of nitrogens with one attached hydrogen (secondary N) is 2. The smallest absolute Gasteiger partial charge is 0.665 e. The second kappa shape index (κ2) is 16.2. The van der Waals surface area contributed by atoms with Crippen molar-refractivity contribution in [3.8, 4) is 0 Å². The molecule has 2 atom stereocenters. The van der Waals surface area contributed by atoms with E-state index in [1.807, 2.05) is 12.5 Å². The van der Waals surface area contributed by atoms with E-state index < -0.39 is 24.0 Å². The Bertz CT molecular complexity index is 224. The fourth-order valence-corrected chi connectivity index (χ4v) is 1.66. The van der Waals surface area contributed by atoms with Crippen molar-refractivity contribution >= 4 is 35.5 Å². The van der Waals surface area contributed by atoms with E-state index in [0.717, 1.165) is 11.5 Å². The molecule has 0 radical (unpaired) electrons. The molecular formula is C10H20N2O4S2Zn. The van der Waals surface area contributed by atoms with Crippen molar-refractivity contribution in [1.29, 1.82) is 0 Å². The molecule has 0 aromatic rings. The quantitative estimate of drug-likeness (QED) is 0.640. The zero-order chi connectivity index (χ0) is 14.6. The Morgan fingerprint density at radius 2 is 1.21 bits per heavy atom. The molecule has 108 valence electrons. The molecule has 9 heteroatoms. The molecule has 0 aliphatic carbocycles. The monoisotopic (exact) mass is 360 g/mol. The van der Waals surface area contributed by atoms with Gasteiger partial charge in [0, 0.05) is 0 Å². The summed E-state index contributed by atoms with van der Waals surface area (Å²) in [6.45, 7) is 0. The van der Waals surface area contributed by atoms with Crippen molar-refractivity contribution < 1.29 is 39.3 Å². The molecule has 0 heterocycles. The summed E-state index contributed by atoms with van der Waals surface area (Å²) >= 11 is 3.13. The van der Waals surface area contributed by atoms with Crippen LogP contribution in [0.1, 0.15) is 12.8 Å². The van der Waals surface area contributed by atoms with Crippen LogP contribution in [-0.4, -0.2) is 58.3 Å². The first-order valence-electron chi connectivity index (χ1n) is 5.22. The van der Waals surface area contributed by atoms with E-state index in [0.29, 0.717) is 12.8 Å². The summed E-state index contributed by atoms with van der Waals surface area (Å²) in [5.74, 6) is -0.547. The van der Waals surface area contributed by atoms with Crippen LogP contribution in [0.15, 0.2) is 0 Å². The standard InChI is InChI=1S/2C5H10NO2S.Zn/c2*1-9-3-2-4(6)5(7)8;/h2*4,6H,2-3H2,1H3,(H,7,8);/q2*-1;+2. The third-order valence-corrected chi connectivity index (χ3v) is 3.11. The van der Waals surface area contributed by atoms with Gasteiger partial charge in [-0.05, 0) is 36.1 Å². The zero-order valence-corrected chi connectivity index (χ0v) is 15.8. The predicted molar refractivity (Wildman–Crippen MR) is 77.5 cm³/mol. The Hall–Kier alpha value is 0.183. The second-order valence-corrected chi connectivity index (χ2v) is 5.32. The summed E-state index contributed by atoms with van der Waals surface area (Å²) in [5, 5.41) is 16.4. The van der Waals surface area contributed by atoms with Crippen LogP contribution in [0.2, 0.25) is 0 Å². The van der Waals surface area contributed by atoms with Crippen molar-refractivity contribution in [3.05, 3.63) is 11.5 Å². The van der Waals surface area contributed by atoms with E-state index in [1.165, 1.54) is 0 Å². The Morgan fingerprint density at radius 3 is 1.37 bits per heavy atom. The van der Waals surface area contributed by atoms with Gasteiger partial charge in [0.15, 0.2) is 0 Å². The number of thioether (sulfide) groups is 2. The third-order valence-electron chi connectivity index (χ3n) is 1.82. The molecule has 4 N–H and O–H groups in total. The molecule has 2 unspecified atom stereocenters. The number of carboxylic acids is 2. The molecule has 0 aliphatic heterocycles. The van der Waals surface area contributed by atoms with Gasteiger partial charge in [-0.25, -0.2) is 0 Å². The summed E-state index contributed by atoms with van der Waals surface area (Å²) in [5.41, 5.74) is 13.8. The average molecular weight is 362 g/mol. The first kappa shape index (κ1) is 24.2. The molecule has 0 spiro atoms. The summed E-state index contributed by atoms with van der Waals surface area (Å²) in [4.78, 5) is 20.0. The van der Waals surface area contributed by atoms with Crippen LogP contribution in [0.3, 0.4) is 0 Å². The first-order valence-corrected chi connectivity index (χ1v) is 8.01. The van der Waals surface area contributed by atoms with E-state index in [2.05, 4.69) is 0 Å². The normalized spacial score (nSPS) is 12.4. The molecule has 0 aromatic heterocycles. The maximum absolute atomic E-state index is 10.0. The number of aliphatic carboxylic acids is 2. The summed E-state index contributed by atoms with van der Waals surface area (Å²) in [6.07, 6.45) is 4.68. The van der Waals surface area contributed by atoms with Crippen molar-refractivity contribution in [3.63, 3.8) is 0 Å². The molecule has 0 amide bonds. The van der Waals surface area contributed by atoms with Gasteiger partial charge >= 0.3 is 19.5 Å². The SMILES string of the molecule is CSCCC([NH-])C(=O)O.CSCCC([NH-])C(=O)O.[Zn+2]. The maximum atomic E-state index is 10.0. The molecule has 0 aliphatic rings. The second-order valence-electron chi connectivity index (χ2n) is 3.34. The van der Waals surface area contributed by atoms with Gasteiger partial charge in [-0.15, -0.1) is 0 Å². The van der Waals surface area contributed by atoms with Crippen LogP contribution in [0, 0.1) is 0 Å². The van der Waals surface area contributed by atoms with Crippen LogP contribution in [0.4, 0.5) is 0 Å². The molecule has 19 heavy (non-hydrogen) atoms. The summed E-state index contributed by atoms with van der Waals surface area (Å²) in [6, 6.07) is -1.87. The fraction of sp³-hybridized carbons (Fsp3) is 0.800. The number of carbonyl (C=O) groups is 2. The van der Waals surface area contributed by atoms with Crippen LogP contribution >= 0.6 is 23.5 Å². The topological polar surface area (TPSA) is 122 Å². The van der Waals surface area contributed by atoms with E-state index in [-0.39, 0.29) is 19.5 Å². The van der Waals surface area contributed by atoms with E-state index in [9.17, 15) is 9.59 Å². The first-order chi connectivity index (χ1) is 8.36. The Kier molecular flexibility index (Phi) is 20.7. The van der Waals surface area contributed by atoms with Crippen molar-refractivity contribution in [2.24, 2.45) is 0 Å². The summed E-state index contributed by atoms with van der Waals surface area (Å²) in [7, 11) is 0. The molecule has 0 bridgehead atoms. The molecule has 0 rings (SSSR count). The van der Waals surface area contributed by atoms with Crippen LogP contribution in [0.25, 0.3) is 11.5 Å². The molecular weight excluding hydrogens is 342 g/mol. The van der Waals surface area contributed by atoms with Crippen molar-refractivity contribution in [2.45, 2.75) is 24.9 Å². The predicted octanol–water partition coefficient (Wildman–Crippen LogP) is 2.49. The molecule has 0 saturated heterocycles. The van der Waals surface area contributed by atoms with Crippen LogP contribution < -0.4 is 0 Å². The third kappa shape index (κ3) is 18.2. The van der Waals surface area contributed by atoms with Gasteiger partial charge in [0.25, 0.3) is 11.9 Å². The minimum absolute atomic E-state index is 0. The van der Waals surface area contributed by atoms with Gasteiger partial charge in [0.1, 0.15) is 0 Å². The van der Waals surface area contributed by atoms with Gasteiger partial charge in [-0.3, -0.25) is 9.59 Å². The van der Waals surface area contributed by atoms with Gasteiger partial charge in [-0.2, -0.15) is 23.5 Å². The van der Waals surface area contributed by atoms with Crippen LogP contribution in [0.5, 0.6) is 0 Å². The number of carboxylic acid groups (broad SMARTS) is 2. The molecule has 0 saturated carbocycles. The minimum atomic E-state index is -1.02. The number of hydrogen-bond donors (Lipinski definition) is 2. The Labute approximate surface area is 135 Å². The number of rotatable bonds is 8. The fourth-order valence-electron chi connectivity index (χ4n) is 0.718. The zero-order valence-electron chi connectivity index (χ0n) is 11.2. The van der Waals surface area contributed by atoms with E-state index in [4.69, 9.17) is 21.7 Å². The molecule has 0 aromatic carbocycles. The van der Waals surface area contributed by atoms with Gasteiger partial charge in [0.05, 0.1) is 0 Å². The van der Waals surface area contributed by atoms with Gasteiger partial charge < -0.3 is 21.7 Å². The van der Waals surface area contributed by atoms with E-state index >= 15 is 0 Å². The minimum Gasteiger partial charge on any atom is -0.665 e. The largest absolute Gasteiger partial charge is 2.00 e.